The molecule has 0 saturated carbocycles. The third-order valence-electron chi connectivity index (χ3n) is 1.79. The van der Waals surface area contributed by atoms with Gasteiger partial charge in [0.05, 0.1) is 13.3 Å². The smallest absolute Gasteiger partial charge is 0.387 e. The van der Waals surface area contributed by atoms with Crippen molar-refractivity contribution in [1.82, 2.24) is 5.43 Å². The zero-order valence-electron chi connectivity index (χ0n) is 9.39. The molecule has 6 nitrogen and oxygen atoms in total. The van der Waals surface area contributed by atoms with Crippen LogP contribution in [0.2, 0.25) is 0 Å². The van der Waals surface area contributed by atoms with E-state index >= 15 is 0 Å². The molecule has 0 aliphatic heterocycles. The minimum absolute atomic E-state index is 0.0903. The van der Waals surface area contributed by atoms with Crippen molar-refractivity contribution in [2.24, 2.45) is 10.8 Å². The molecule has 1 aromatic rings. The van der Waals surface area contributed by atoms with E-state index < -0.39 is 12.6 Å². The molecule has 8 heteroatoms. The number of nitrogens with one attached hydrogen (secondary N) is 1. The van der Waals surface area contributed by atoms with Gasteiger partial charge in [-0.15, -0.1) is 0 Å². The number of carbonyl (C=O) groups is 1. The maximum absolute atomic E-state index is 12.1. The zero-order chi connectivity index (χ0) is 13.5. The SMILES string of the molecule is COc1cc(/C=N\NC(N)=O)ccc1OC(F)F. The van der Waals surface area contributed by atoms with Crippen LogP contribution in [0.1, 0.15) is 5.56 Å². The first-order chi connectivity index (χ1) is 8.52. The molecule has 3 N–H and O–H groups in total. The van der Waals surface area contributed by atoms with Gasteiger partial charge in [0.25, 0.3) is 0 Å². The van der Waals surface area contributed by atoms with E-state index in [4.69, 9.17) is 10.5 Å². The Hall–Kier alpha value is -2.38. The highest BCUT2D eigenvalue weighted by atomic mass is 19.3. The van der Waals surface area contributed by atoms with Gasteiger partial charge in [0.1, 0.15) is 0 Å². The van der Waals surface area contributed by atoms with E-state index in [1.54, 1.807) is 0 Å². The number of hydrogen-bond acceptors (Lipinski definition) is 4. The van der Waals surface area contributed by atoms with E-state index in [1.807, 2.05) is 5.43 Å². The first kappa shape index (κ1) is 13.7. The molecular formula is C10H11F2N3O3. The van der Waals surface area contributed by atoms with Gasteiger partial charge in [0, 0.05) is 0 Å². The summed E-state index contributed by atoms with van der Waals surface area (Å²) in [7, 11) is 1.32. The topological polar surface area (TPSA) is 85.9 Å². The Morgan fingerprint density at radius 1 is 1.50 bits per heavy atom. The number of methoxy groups -OCH3 is 1. The molecule has 0 saturated heterocycles. The summed E-state index contributed by atoms with van der Waals surface area (Å²) in [4.78, 5) is 10.4. The second-order valence-electron chi connectivity index (χ2n) is 3.02. The van der Waals surface area contributed by atoms with Gasteiger partial charge in [-0.3, -0.25) is 0 Å². The van der Waals surface area contributed by atoms with Gasteiger partial charge in [-0.05, 0) is 23.8 Å². The van der Waals surface area contributed by atoms with Crippen molar-refractivity contribution in [1.29, 1.82) is 0 Å². The first-order valence-electron chi connectivity index (χ1n) is 4.74. The third kappa shape index (κ3) is 4.24. The summed E-state index contributed by atoms with van der Waals surface area (Å²) >= 11 is 0. The molecule has 0 aromatic heterocycles. The van der Waals surface area contributed by atoms with Crippen LogP contribution in [0.15, 0.2) is 23.3 Å². The highest BCUT2D eigenvalue weighted by molar-refractivity contribution is 5.82. The lowest BCUT2D eigenvalue weighted by atomic mass is 10.2. The highest BCUT2D eigenvalue weighted by Gasteiger charge is 2.10. The summed E-state index contributed by atoms with van der Waals surface area (Å²) in [5.74, 6) is 0.0332. The van der Waals surface area contributed by atoms with Crippen LogP contribution in [0.4, 0.5) is 13.6 Å². The lowest BCUT2D eigenvalue weighted by Crippen LogP contribution is -2.24. The lowest BCUT2D eigenvalue weighted by molar-refractivity contribution is -0.0512. The maximum Gasteiger partial charge on any atom is 0.387 e. The molecule has 0 aliphatic carbocycles. The summed E-state index contributed by atoms with van der Waals surface area (Å²) < 4.78 is 33.3. The fraction of sp³-hybridized carbons (Fsp3) is 0.200. The molecule has 18 heavy (non-hydrogen) atoms. The summed E-state index contributed by atoms with van der Waals surface area (Å²) in [6.07, 6.45) is 1.28. The van der Waals surface area contributed by atoms with Gasteiger partial charge in [0.15, 0.2) is 11.5 Å². The second-order valence-corrected chi connectivity index (χ2v) is 3.02. The Kier molecular flexibility index (Phi) is 4.85. The Bertz CT molecular complexity index is 452. The molecule has 0 unspecified atom stereocenters. The number of nitrogens with two attached hydrogens (primary N) is 1. The van der Waals surface area contributed by atoms with Gasteiger partial charge >= 0.3 is 12.6 Å². The summed E-state index contributed by atoms with van der Waals surface area (Å²) in [5, 5.41) is 3.51. The molecule has 1 aromatic carbocycles. The minimum atomic E-state index is -2.94. The van der Waals surface area contributed by atoms with Crippen LogP contribution >= 0.6 is 0 Å². The van der Waals surface area contributed by atoms with E-state index in [0.717, 1.165) is 0 Å². The van der Waals surface area contributed by atoms with Gasteiger partial charge in [0.2, 0.25) is 0 Å². The quantitative estimate of drug-likeness (QED) is 0.617. The van der Waals surface area contributed by atoms with Crippen molar-refractivity contribution in [3.05, 3.63) is 23.8 Å². The van der Waals surface area contributed by atoms with Gasteiger partial charge < -0.3 is 15.2 Å². The molecule has 0 fully saturated rings. The Morgan fingerprint density at radius 2 is 2.22 bits per heavy atom. The van der Waals surface area contributed by atoms with Crippen LogP contribution in [0.25, 0.3) is 0 Å². The molecule has 0 radical (unpaired) electrons. The van der Waals surface area contributed by atoms with E-state index in [1.165, 1.54) is 31.5 Å². The molecule has 98 valence electrons. The number of carbonyl (C=O) groups excluding carboxylic acids is 1. The molecule has 0 bridgehead atoms. The van der Waals surface area contributed by atoms with Gasteiger partial charge in [-0.25, -0.2) is 10.2 Å². The first-order valence-corrected chi connectivity index (χ1v) is 4.74. The van der Waals surface area contributed by atoms with Crippen LogP contribution in [0.3, 0.4) is 0 Å². The molecule has 2 amide bonds. The number of primary amides is 1. The Balaban J connectivity index is 2.84. The van der Waals surface area contributed by atoms with Crippen molar-refractivity contribution >= 4 is 12.2 Å². The Labute approximate surface area is 101 Å². The third-order valence-corrected chi connectivity index (χ3v) is 1.79. The second kappa shape index (κ2) is 6.38. The van der Waals surface area contributed by atoms with Crippen molar-refractivity contribution in [2.75, 3.05) is 7.11 Å². The highest BCUT2D eigenvalue weighted by Crippen LogP contribution is 2.28. The number of halogens is 2. The van der Waals surface area contributed by atoms with Crippen LogP contribution in [0, 0.1) is 0 Å². The van der Waals surface area contributed by atoms with Gasteiger partial charge in [-0.2, -0.15) is 13.9 Å². The zero-order valence-corrected chi connectivity index (χ0v) is 9.39. The monoisotopic (exact) mass is 259 g/mol. The maximum atomic E-state index is 12.1. The largest absolute Gasteiger partial charge is 0.493 e. The number of urea groups is 1. The van der Waals surface area contributed by atoms with Crippen molar-refractivity contribution < 1.29 is 23.0 Å². The van der Waals surface area contributed by atoms with E-state index in [0.29, 0.717) is 5.56 Å². The standard InChI is InChI=1S/C10H11F2N3O3/c1-17-8-4-6(5-14-15-10(13)16)2-3-7(8)18-9(11)12/h2-5,9H,1H3,(H3,13,15,16)/b14-5-. The van der Waals surface area contributed by atoms with Crippen molar-refractivity contribution in [3.8, 4) is 11.5 Å². The van der Waals surface area contributed by atoms with Crippen LogP contribution in [0.5, 0.6) is 11.5 Å². The van der Waals surface area contributed by atoms with E-state index in [2.05, 4.69) is 9.84 Å². The number of ether oxygens (including phenoxy) is 2. The number of alkyl halides is 2. The van der Waals surface area contributed by atoms with E-state index in [-0.39, 0.29) is 11.5 Å². The van der Waals surface area contributed by atoms with Crippen LogP contribution in [-0.4, -0.2) is 26.0 Å². The number of hydrogen-bond donors (Lipinski definition) is 2. The predicted octanol–water partition coefficient (Wildman–Crippen LogP) is 1.30. The molecule has 0 spiro atoms. The number of nitrogens with zero attached hydrogens (tertiary/aromatic N) is 1. The fourth-order valence-corrected chi connectivity index (χ4v) is 1.13. The molecule has 0 atom stereocenters. The Morgan fingerprint density at radius 3 is 2.78 bits per heavy atom. The predicted molar refractivity (Wildman–Crippen MR) is 59.9 cm³/mol. The number of rotatable bonds is 5. The lowest BCUT2D eigenvalue weighted by Gasteiger charge is -2.09. The molecule has 0 aliphatic rings. The van der Waals surface area contributed by atoms with E-state index in [9.17, 15) is 13.6 Å². The summed E-state index contributed by atoms with van der Waals surface area (Å²) in [6, 6.07) is 3.38. The molecular weight excluding hydrogens is 248 g/mol. The average Bonchev–Trinajstić information content (AvgIpc) is 2.29. The van der Waals surface area contributed by atoms with Crippen molar-refractivity contribution in [2.45, 2.75) is 6.61 Å². The number of benzene rings is 1. The number of amides is 2. The normalized spacial score (nSPS) is 10.7. The molecule has 0 heterocycles. The summed E-state index contributed by atoms with van der Waals surface area (Å²) in [5.41, 5.74) is 7.31. The average molecular weight is 259 g/mol. The van der Waals surface area contributed by atoms with Crippen LogP contribution in [-0.2, 0) is 0 Å². The molecule has 1 rings (SSSR count). The minimum Gasteiger partial charge on any atom is -0.493 e. The van der Waals surface area contributed by atoms with Crippen LogP contribution < -0.4 is 20.6 Å². The van der Waals surface area contributed by atoms with Gasteiger partial charge in [-0.1, -0.05) is 0 Å². The summed E-state index contributed by atoms with van der Waals surface area (Å²) in [6.45, 7) is -2.94. The van der Waals surface area contributed by atoms with Crippen molar-refractivity contribution in [3.63, 3.8) is 0 Å². The number of hydrazone groups is 1. The fourth-order valence-electron chi connectivity index (χ4n) is 1.13.